The molecule has 0 aliphatic heterocycles. The van der Waals surface area contributed by atoms with E-state index >= 15 is 0 Å². The second kappa shape index (κ2) is 5.92. The first-order chi connectivity index (χ1) is 9.85. The Hall–Kier alpha value is -1.78. The summed E-state index contributed by atoms with van der Waals surface area (Å²) in [5.74, 6) is 1.21. The molecule has 0 radical (unpaired) electrons. The van der Waals surface area contributed by atoms with E-state index in [4.69, 9.17) is 15.2 Å². The number of ether oxygens (including phenoxy) is 2. The lowest BCUT2D eigenvalue weighted by Gasteiger charge is -2.19. The Bertz CT molecular complexity index is 522. The number of carbonyl (C=O) groups excluding carboxylic acids is 1. The Morgan fingerprint density at radius 2 is 2.00 bits per heavy atom. The summed E-state index contributed by atoms with van der Waals surface area (Å²) in [4.78, 5) is 16.3. The van der Waals surface area contributed by atoms with Gasteiger partial charge in [0.1, 0.15) is 11.4 Å². The van der Waals surface area contributed by atoms with Gasteiger partial charge in [-0.05, 0) is 38.7 Å². The highest BCUT2D eigenvalue weighted by Crippen LogP contribution is 2.50. The average Bonchev–Trinajstić information content (AvgIpc) is 3.18. The number of amides is 1. The van der Waals surface area contributed by atoms with Crippen molar-refractivity contribution in [2.45, 2.75) is 52.1 Å². The standard InChI is InChI=1S/C16H24N2O3/c1-10(2)9-20-13-6-5-12(21-11(3)4)14(18-13)16(7-8-16)15(17)19/h5-6,10-11H,7-9H2,1-4H3,(H2,17,19). The van der Waals surface area contributed by atoms with Crippen molar-refractivity contribution in [3.8, 4) is 11.6 Å². The summed E-state index contributed by atoms with van der Waals surface area (Å²) in [5.41, 5.74) is 5.50. The normalized spacial score (nSPS) is 16.1. The SMILES string of the molecule is CC(C)COc1ccc(OC(C)C)c(C2(C(N)=O)CC2)n1. The van der Waals surface area contributed by atoms with E-state index in [0.717, 1.165) is 12.8 Å². The predicted octanol–water partition coefficient (Wildman–Crippen LogP) is 2.42. The highest BCUT2D eigenvalue weighted by molar-refractivity contribution is 5.90. The number of nitrogens with zero attached hydrogens (tertiary/aromatic N) is 1. The zero-order valence-corrected chi connectivity index (χ0v) is 13.2. The van der Waals surface area contributed by atoms with Crippen LogP contribution in [0.4, 0.5) is 0 Å². The Morgan fingerprint density at radius 3 is 2.48 bits per heavy atom. The van der Waals surface area contributed by atoms with Gasteiger partial charge in [0, 0.05) is 6.07 Å². The molecule has 2 rings (SSSR count). The van der Waals surface area contributed by atoms with Crippen LogP contribution in [-0.4, -0.2) is 23.6 Å². The van der Waals surface area contributed by atoms with Crippen LogP contribution >= 0.6 is 0 Å². The molecule has 5 nitrogen and oxygen atoms in total. The van der Waals surface area contributed by atoms with Crippen LogP contribution in [0.3, 0.4) is 0 Å². The molecule has 1 saturated carbocycles. The van der Waals surface area contributed by atoms with Crippen molar-refractivity contribution in [1.29, 1.82) is 0 Å². The molecule has 1 fully saturated rings. The van der Waals surface area contributed by atoms with Crippen LogP contribution < -0.4 is 15.2 Å². The number of hydrogen-bond donors (Lipinski definition) is 1. The van der Waals surface area contributed by atoms with Gasteiger partial charge in [-0.25, -0.2) is 4.98 Å². The molecular formula is C16H24N2O3. The molecule has 1 amide bonds. The first kappa shape index (κ1) is 15.6. The van der Waals surface area contributed by atoms with Gasteiger partial charge in [0.05, 0.1) is 18.1 Å². The van der Waals surface area contributed by atoms with Gasteiger partial charge < -0.3 is 15.2 Å². The average molecular weight is 292 g/mol. The maximum Gasteiger partial charge on any atom is 0.229 e. The molecule has 21 heavy (non-hydrogen) atoms. The van der Waals surface area contributed by atoms with Gasteiger partial charge in [-0.1, -0.05) is 13.8 Å². The number of aromatic nitrogens is 1. The van der Waals surface area contributed by atoms with Gasteiger partial charge >= 0.3 is 0 Å². The topological polar surface area (TPSA) is 74.4 Å². The van der Waals surface area contributed by atoms with E-state index in [-0.39, 0.29) is 12.0 Å². The lowest BCUT2D eigenvalue weighted by molar-refractivity contribution is -0.120. The summed E-state index contributed by atoms with van der Waals surface area (Å²) >= 11 is 0. The minimum absolute atomic E-state index is 0.0108. The van der Waals surface area contributed by atoms with Crippen molar-refractivity contribution in [2.75, 3.05) is 6.61 Å². The van der Waals surface area contributed by atoms with E-state index in [1.54, 1.807) is 6.07 Å². The molecule has 1 aromatic rings. The molecular weight excluding hydrogens is 268 g/mol. The first-order valence-corrected chi connectivity index (χ1v) is 7.46. The maximum absolute atomic E-state index is 11.8. The van der Waals surface area contributed by atoms with Gasteiger partial charge in [-0.15, -0.1) is 0 Å². The Kier molecular flexibility index (Phi) is 4.40. The number of nitrogens with two attached hydrogens (primary N) is 1. The minimum atomic E-state index is -0.679. The van der Waals surface area contributed by atoms with Gasteiger partial charge in [0.15, 0.2) is 0 Å². The van der Waals surface area contributed by atoms with Crippen LogP contribution in [0.2, 0.25) is 0 Å². The number of pyridine rings is 1. The van der Waals surface area contributed by atoms with Crippen LogP contribution in [0, 0.1) is 5.92 Å². The summed E-state index contributed by atoms with van der Waals surface area (Å²) < 4.78 is 11.4. The summed E-state index contributed by atoms with van der Waals surface area (Å²) in [6.45, 7) is 8.61. The van der Waals surface area contributed by atoms with Gasteiger partial charge in [0.2, 0.25) is 11.8 Å². The Balaban J connectivity index is 2.32. The third-order valence-electron chi connectivity index (χ3n) is 3.43. The fourth-order valence-electron chi connectivity index (χ4n) is 2.18. The van der Waals surface area contributed by atoms with Crippen LogP contribution in [0.15, 0.2) is 12.1 Å². The molecule has 1 aliphatic rings. The quantitative estimate of drug-likeness (QED) is 0.837. The lowest BCUT2D eigenvalue weighted by atomic mass is 10.00. The summed E-state index contributed by atoms with van der Waals surface area (Å²) in [6, 6.07) is 3.60. The van der Waals surface area contributed by atoms with Crippen molar-refractivity contribution in [3.05, 3.63) is 17.8 Å². The number of hydrogen-bond acceptors (Lipinski definition) is 4. The molecule has 116 valence electrons. The molecule has 5 heteroatoms. The van der Waals surface area contributed by atoms with Crippen molar-refractivity contribution in [1.82, 2.24) is 4.98 Å². The molecule has 1 aliphatic carbocycles. The second-order valence-electron chi connectivity index (χ2n) is 6.31. The Morgan fingerprint density at radius 1 is 1.33 bits per heavy atom. The zero-order chi connectivity index (χ0) is 15.6. The summed E-state index contributed by atoms with van der Waals surface area (Å²) in [5, 5.41) is 0. The Labute approximate surface area is 125 Å². The number of carbonyl (C=O) groups is 1. The number of primary amides is 1. The molecule has 0 atom stereocenters. The molecule has 1 aromatic heterocycles. The molecule has 0 saturated heterocycles. The lowest BCUT2D eigenvalue weighted by Crippen LogP contribution is -2.30. The third kappa shape index (κ3) is 3.46. The summed E-state index contributed by atoms with van der Waals surface area (Å²) in [6.07, 6.45) is 1.45. The van der Waals surface area contributed by atoms with E-state index in [2.05, 4.69) is 18.8 Å². The van der Waals surface area contributed by atoms with E-state index in [9.17, 15) is 4.79 Å². The predicted molar refractivity (Wildman–Crippen MR) is 80.4 cm³/mol. The van der Waals surface area contributed by atoms with Gasteiger partial charge in [-0.2, -0.15) is 0 Å². The molecule has 0 aromatic carbocycles. The maximum atomic E-state index is 11.8. The molecule has 0 bridgehead atoms. The molecule has 0 spiro atoms. The molecule has 2 N–H and O–H groups in total. The van der Waals surface area contributed by atoms with Crippen LogP contribution in [-0.2, 0) is 10.2 Å². The number of rotatable bonds is 7. The molecule has 1 heterocycles. The molecule has 0 unspecified atom stereocenters. The highest BCUT2D eigenvalue weighted by atomic mass is 16.5. The van der Waals surface area contributed by atoms with Crippen LogP contribution in [0.5, 0.6) is 11.6 Å². The van der Waals surface area contributed by atoms with Crippen molar-refractivity contribution in [2.24, 2.45) is 11.7 Å². The second-order valence-corrected chi connectivity index (χ2v) is 6.31. The van der Waals surface area contributed by atoms with Gasteiger partial charge in [-0.3, -0.25) is 4.79 Å². The van der Waals surface area contributed by atoms with Crippen LogP contribution in [0.1, 0.15) is 46.2 Å². The van der Waals surface area contributed by atoms with Crippen molar-refractivity contribution < 1.29 is 14.3 Å². The third-order valence-corrected chi connectivity index (χ3v) is 3.43. The smallest absolute Gasteiger partial charge is 0.229 e. The minimum Gasteiger partial charge on any atom is -0.489 e. The van der Waals surface area contributed by atoms with E-state index in [1.165, 1.54) is 0 Å². The fraction of sp³-hybridized carbons (Fsp3) is 0.625. The van der Waals surface area contributed by atoms with E-state index < -0.39 is 5.41 Å². The monoisotopic (exact) mass is 292 g/mol. The van der Waals surface area contributed by atoms with E-state index in [0.29, 0.717) is 29.8 Å². The van der Waals surface area contributed by atoms with Crippen molar-refractivity contribution >= 4 is 5.91 Å². The zero-order valence-electron chi connectivity index (χ0n) is 13.2. The van der Waals surface area contributed by atoms with Gasteiger partial charge in [0.25, 0.3) is 0 Å². The highest BCUT2D eigenvalue weighted by Gasteiger charge is 2.53. The van der Waals surface area contributed by atoms with Crippen LogP contribution in [0.25, 0.3) is 0 Å². The van der Waals surface area contributed by atoms with Crippen molar-refractivity contribution in [3.63, 3.8) is 0 Å². The summed E-state index contributed by atoms with van der Waals surface area (Å²) in [7, 11) is 0. The first-order valence-electron chi connectivity index (χ1n) is 7.46. The largest absolute Gasteiger partial charge is 0.489 e. The fourth-order valence-corrected chi connectivity index (χ4v) is 2.18. The van der Waals surface area contributed by atoms with E-state index in [1.807, 2.05) is 19.9 Å².